The van der Waals surface area contributed by atoms with Crippen LogP contribution in [0.5, 0.6) is 0 Å². The number of thiophene rings is 1. The van der Waals surface area contributed by atoms with Crippen LogP contribution in [0.2, 0.25) is 5.02 Å². The third kappa shape index (κ3) is 4.07. The fraction of sp³-hybridized carbons (Fsp3) is 0.0588. The van der Waals surface area contributed by atoms with Crippen molar-refractivity contribution in [1.82, 2.24) is 4.98 Å². The van der Waals surface area contributed by atoms with Crippen LogP contribution in [-0.2, 0) is 9.84 Å². The summed E-state index contributed by atoms with van der Waals surface area (Å²) in [5.74, 6) is -0.380. The lowest BCUT2D eigenvalue weighted by Crippen LogP contribution is -2.10. The van der Waals surface area contributed by atoms with E-state index in [-0.39, 0.29) is 10.1 Å². The van der Waals surface area contributed by atoms with Crippen molar-refractivity contribution >= 4 is 44.4 Å². The van der Waals surface area contributed by atoms with Crippen molar-refractivity contribution in [3.63, 3.8) is 0 Å². The first kappa shape index (κ1) is 17.6. The van der Waals surface area contributed by atoms with Crippen molar-refractivity contribution in [2.45, 2.75) is 4.21 Å². The highest BCUT2D eigenvalue weighted by atomic mass is 35.5. The van der Waals surface area contributed by atoms with Crippen LogP contribution in [0.4, 0.5) is 5.69 Å². The lowest BCUT2D eigenvalue weighted by molar-refractivity contribution is 0.103. The fourth-order valence-corrected chi connectivity index (χ4v) is 4.19. The Kier molecular flexibility index (Phi) is 4.89. The molecule has 3 aromatic rings. The number of hydrogen-bond acceptors (Lipinski definition) is 5. The van der Waals surface area contributed by atoms with Crippen molar-refractivity contribution in [2.24, 2.45) is 0 Å². The highest BCUT2D eigenvalue weighted by molar-refractivity contribution is 7.92. The Hall–Kier alpha value is -2.22. The maximum Gasteiger partial charge on any atom is 0.265 e. The van der Waals surface area contributed by atoms with E-state index in [0.717, 1.165) is 17.6 Å². The van der Waals surface area contributed by atoms with E-state index in [1.807, 2.05) is 12.1 Å². The Labute approximate surface area is 154 Å². The van der Waals surface area contributed by atoms with Crippen molar-refractivity contribution in [3.8, 4) is 11.3 Å². The predicted molar refractivity (Wildman–Crippen MR) is 100 cm³/mol. The van der Waals surface area contributed by atoms with Gasteiger partial charge < -0.3 is 5.32 Å². The van der Waals surface area contributed by atoms with Crippen LogP contribution in [-0.4, -0.2) is 25.6 Å². The van der Waals surface area contributed by atoms with Crippen LogP contribution < -0.4 is 5.32 Å². The Morgan fingerprint density at radius 1 is 1.16 bits per heavy atom. The number of nitrogens with zero attached hydrogens (tertiary/aromatic N) is 1. The van der Waals surface area contributed by atoms with E-state index >= 15 is 0 Å². The molecule has 0 aliphatic carbocycles. The quantitative estimate of drug-likeness (QED) is 0.724. The molecule has 128 valence electrons. The van der Waals surface area contributed by atoms with Crippen molar-refractivity contribution in [3.05, 3.63) is 64.6 Å². The molecule has 2 heterocycles. The van der Waals surface area contributed by atoms with Crippen LogP contribution in [0.15, 0.2) is 58.9 Å². The van der Waals surface area contributed by atoms with E-state index in [9.17, 15) is 13.2 Å². The van der Waals surface area contributed by atoms with Crippen LogP contribution in [0.3, 0.4) is 0 Å². The molecule has 0 aliphatic rings. The topological polar surface area (TPSA) is 76.1 Å². The van der Waals surface area contributed by atoms with Crippen LogP contribution in [0.1, 0.15) is 9.67 Å². The van der Waals surface area contributed by atoms with Gasteiger partial charge in [-0.05, 0) is 42.5 Å². The highest BCUT2D eigenvalue weighted by Crippen LogP contribution is 2.30. The SMILES string of the molecule is CS(=O)(=O)c1ccc(C(=O)Nc2ccc(Cl)c(-c3ccccn3)c2)s1. The summed E-state index contributed by atoms with van der Waals surface area (Å²) in [6.45, 7) is 0. The molecule has 1 N–H and O–H groups in total. The second kappa shape index (κ2) is 6.95. The molecule has 5 nitrogen and oxygen atoms in total. The molecule has 25 heavy (non-hydrogen) atoms. The second-order valence-corrected chi connectivity index (χ2v) is 8.99. The van der Waals surface area contributed by atoms with E-state index in [4.69, 9.17) is 11.6 Å². The normalized spacial score (nSPS) is 11.3. The number of aromatic nitrogens is 1. The zero-order valence-corrected chi connectivity index (χ0v) is 15.5. The number of sulfone groups is 1. The average molecular weight is 393 g/mol. The Morgan fingerprint density at radius 3 is 2.60 bits per heavy atom. The van der Waals surface area contributed by atoms with Crippen molar-refractivity contribution in [1.29, 1.82) is 0 Å². The largest absolute Gasteiger partial charge is 0.321 e. The minimum Gasteiger partial charge on any atom is -0.321 e. The maximum absolute atomic E-state index is 12.3. The van der Waals surface area contributed by atoms with Gasteiger partial charge in [0.15, 0.2) is 9.84 Å². The first-order valence-electron chi connectivity index (χ1n) is 7.17. The van der Waals surface area contributed by atoms with Gasteiger partial charge in [0.05, 0.1) is 15.6 Å². The number of carbonyl (C=O) groups is 1. The molecule has 0 bridgehead atoms. The molecule has 0 atom stereocenters. The average Bonchev–Trinajstić information content (AvgIpc) is 3.08. The molecule has 1 amide bonds. The van der Waals surface area contributed by atoms with E-state index in [1.54, 1.807) is 30.5 Å². The Morgan fingerprint density at radius 2 is 1.96 bits per heavy atom. The molecule has 0 spiro atoms. The second-order valence-electron chi connectivity index (χ2n) is 5.25. The summed E-state index contributed by atoms with van der Waals surface area (Å²) in [5.41, 5.74) is 1.94. The molecular formula is C17H13ClN2O3S2. The van der Waals surface area contributed by atoms with E-state index < -0.39 is 9.84 Å². The van der Waals surface area contributed by atoms with Gasteiger partial charge in [-0.15, -0.1) is 11.3 Å². The monoisotopic (exact) mass is 392 g/mol. The Balaban J connectivity index is 1.86. The minimum atomic E-state index is -3.32. The first-order chi connectivity index (χ1) is 11.8. The van der Waals surface area contributed by atoms with Gasteiger partial charge in [-0.2, -0.15) is 0 Å². The number of rotatable bonds is 4. The summed E-state index contributed by atoms with van der Waals surface area (Å²) in [7, 11) is -3.32. The van der Waals surface area contributed by atoms with E-state index in [0.29, 0.717) is 26.8 Å². The number of anilines is 1. The molecule has 3 rings (SSSR count). The molecule has 2 aromatic heterocycles. The lowest BCUT2D eigenvalue weighted by Gasteiger charge is -2.08. The summed E-state index contributed by atoms with van der Waals surface area (Å²) < 4.78 is 23.2. The third-order valence-corrected chi connectivity index (χ3v) is 6.57. The van der Waals surface area contributed by atoms with Gasteiger partial charge in [0, 0.05) is 23.7 Å². The molecule has 0 aliphatic heterocycles. The predicted octanol–water partition coefficient (Wildman–Crippen LogP) is 4.12. The van der Waals surface area contributed by atoms with E-state index in [1.165, 1.54) is 12.1 Å². The van der Waals surface area contributed by atoms with Gasteiger partial charge in [-0.1, -0.05) is 17.7 Å². The van der Waals surface area contributed by atoms with Crippen LogP contribution in [0, 0.1) is 0 Å². The summed E-state index contributed by atoms with van der Waals surface area (Å²) >= 11 is 7.15. The molecule has 0 fully saturated rings. The van der Waals surface area contributed by atoms with Crippen LogP contribution in [0.25, 0.3) is 11.3 Å². The first-order valence-corrected chi connectivity index (χ1v) is 10.3. The van der Waals surface area contributed by atoms with Gasteiger partial charge in [0.1, 0.15) is 4.21 Å². The Bertz CT molecular complexity index is 1030. The van der Waals surface area contributed by atoms with Gasteiger partial charge in [-0.3, -0.25) is 9.78 Å². The summed E-state index contributed by atoms with van der Waals surface area (Å²) in [6, 6.07) is 13.5. The van der Waals surface area contributed by atoms with Gasteiger partial charge in [0.2, 0.25) is 0 Å². The number of hydrogen-bond donors (Lipinski definition) is 1. The van der Waals surface area contributed by atoms with Crippen molar-refractivity contribution < 1.29 is 13.2 Å². The summed E-state index contributed by atoms with van der Waals surface area (Å²) in [5, 5.41) is 3.27. The van der Waals surface area contributed by atoms with Gasteiger partial charge in [-0.25, -0.2) is 8.42 Å². The summed E-state index contributed by atoms with van der Waals surface area (Å²) in [4.78, 5) is 16.9. The molecule has 8 heteroatoms. The van der Waals surface area contributed by atoms with E-state index in [2.05, 4.69) is 10.3 Å². The number of nitrogens with one attached hydrogen (secondary N) is 1. The molecule has 0 saturated heterocycles. The molecule has 0 unspecified atom stereocenters. The number of carbonyl (C=O) groups excluding carboxylic acids is 1. The molecule has 0 saturated carbocycles. The van der Waals surface area contributed by atoms with Gasteiger partial charge in [0.25, 0.3) is 5.91 Å². The standard InChI is InChI=1S/C17H13ClN2O3S2/c1-25(22,23)16-8-7-15(24-16)17(21)20-11-5-6-13(18)12(10-11)14-4-2-3-9-19-14/h2-10H,1H3,(H,20,21). The number of amides is 1. The highest BCUT2D eigenvalue weighted by Gasteiger charge is 2.16. The molecular weight excluding hydrogens is 380 g/mol. The van der Waals surface area contributed by atoms with Crippen LogP contribution >= 0.6 is 22.9 Å². The molecule has 0 radical (unpaired) electrons. The summed E-state index contributed by atoms with van der Waals surface area (Å²) in [6.07, 6.45) is 2.77. The third-order valence-electron chi connectivity index (χ3n) is 3.34. The number of benzene rings is 1. The fourth-order valence-electron chi connectivity index (χ4n) is 2.16. The number of pyridine rings is 1. The number of halogens is 1. The van der Waals surface area contributed by atoms with Crippen molar-refractivity contribution in [2.75, 3.05) is 11.6 Å². The maximum atomic E-state index is 12.3. The zero-order valence-electron chi connectivity index (χ0n) is 13.1. The molecule has 1 aromatic carbocycles. The lowest BCUT2D eigenvalue weighted by atomic mass is 10.1. The van der Waals surface area contributed by atoms with Gasteiger partial charge >= 0.3 is 0 Å². The minimum absolute atomic E-state index is 0.155. The zero-order chi connectivity index (χ0) is 18.0. The smallest absolute Gasteiger partial charge is 0.265 e.